The molecule has 1 aliphatic rings. The third-order valence-electron chi connectivity index (χ3n) is 5.45. The molecule has 0 spiro atoms. The Balaban J connectivity index is 2.00. The average Bonchev–Trinajstić information content (AvgIpc) is 2.79. The van der Waals surface area contributed by atoms with Crippen LogP contribution in [0.3, 0.4) is 0 Å². The van der Waals surface area contributed by atoms with Crippen LogP contribution in [0.5, 0.6) is 5.75 Å². The normalized spacial score (nSPS) is 29.5. The summed E-state index contributed by atoms with van der Waals surface area (Å²) in [6, 6.07) is 11.4. The minimum atomic E-state index is -1.90. The summed E-state index contributed by atoms with van der Waals surface area (Å²) >= 11 is 6.34. The number of ether oxygens (including phenoxy) is 3. The van der Waals surface area contributed by atoms with Gasteiger partial charge in [-0.05, 0) is 36.8 Å². The van der Waals surface area contributed by atoms with Gasteiger partial charge in [0.05, 0.1) is 13.2 Å². The molecule has 170 valence electrons. The maximum Gasteiger partial charge on any atom is 0.224 e. The zero-order chi connectivity index (χ0) is 22.8. The summed E-state index contributed by atoms with van der Waals surface area (Å²) in [6.07, 6.45) is -7.13. The lowest BCUT2D eigenvalue weighted by Gasteiger charge is -2.47. The third kappa shape index (κ3) is 4.44. The molecule has 8 nitrogen and oxygen atoms in total. The first kappa shape index (κ1) is 23.9. The van der Waals surface area contributed by atoms with E-state index < -0.39 is 42.9 Å². The van der Waals surface area contributed by atoms with Crippen LogP contribution in [0.2, 0.25) is 5.02 Å². The van der Waals surface area contributed by atoms with E-state index >= 15 is 0 Å². The van der Waals surface area contributed by atoms with Gasteiger partial charge in [0.1, 0.15) is 36.3 Å². The molecule has 3 rings (SSSR count). The van der Waals surface area contributed by atoms with Crippen molar-refractivity contribution in [3.8, 4) is 5.75 Å². The molecule has 1 aliphatic heterocycles. The van der Waals surface area contributed by atoms with Crippen LogP contribution >= 0.6 is 11.6 Å². The summed E-state index contributed by atoms with van der Waals surface area (Å²) < 4.78 is 16.6. The second kappa shape index (κ2) is 9.81. The van der Waals surface area contributed by atoms with Crippen molar-refractivity contribution >= 4 is 11.6 Å². The van der Waals surface area contributed by atoms with Crippen LogP contribution in [0, 0.1) is 0 Å². The topological polar surface area (TPSA) is 129 Å². The second-order valence-corrected chi connectivity index (χ2v) is 7.68. The second-order valence-electron chi connectivity index (χ2n) is 7.28. The summed E-state index contributed by atoms with van der Waals surface area (Å²) in [7, 11) is 1.26. The van der Waals surface area contributed by atoms with Gasteiger partial charge in [-0.25, -0.2) is 0 Å². The molecule has 0 aromatic heterocycles. The SMILES string of the molecule is CCOc1ccc(C(O)c2cc([C@]3(OC)O[C@H](CO)[C@@H](O)[C@H](O)[C@H]3O)ccc2Cl)cc1. The lowest BCUT2D eigenvalue weighted by molar-refractivity contribution is -0.366. The molecular formula is C22H27ClO8. The van der Waals surface area contributed by atoms with E-state index in [0.717, 1.165) is 0 Å². The van der Waals surface area contributed by atoms with Gasteiger partial charge in [0, 0.05) is 23.3 Å². The third-order valence-corrected chi connectivity index (χ3v) is 5.80. The minimum absolute atomic E-state index is 0.247. The van der Waals surface area contributed by atoms with E-state index in [1.54, 1.807) is 24.3 Å². The maximum atomic E-state index is 10.9. The molecule has 1 saturated heterocycles. The zero-order valence-electron chi connectivity index (χ0n) is 17.2. The van der Waals surface area contributed by atoms with E-state index in [0.29, 0.717) is 23.5 Å². The molecule has 0 saturated carbocycles. The quantitative estimate of drug-likeness (QED) is 0.420. The van der Waals surface area contributed by atoms with E-state index in [9.17, 15) is 25.5 Å². The van der Waals surface area contributed by atoms with Crippen molar-refractivity contribution in [2.45, 2.75) is 43.2 Å². The molecule has 1 fully saturated rings. The summed E-state index contributed by atoms with van der Waals surface area (Å²) in [4.78, 5) is 0. The summed E-state index contributed by atoms with van der Waals surface area (Å²) in [5, 5.41) is 51.8. The van der Waals surface area contributed by atoms with Crippen molar-refractivity contribution in [1.82, 2.24) is 0 Å². The van der Waals surface area contributed by atoms with Gasteiger partial charge < -0.3 is 39.7 Å². The standard InChI is InChI=1S/C22H27ClO8/c1-3-30-14-7-4-12(5-8-14)18(25)15-10-13(6-9-16(15)23)22(29-2)21(28)20(27)19(26)17(11-24)31-22/h4-10,17-21,24-28H,3,11H2,1-2H3/t17-,18?,19-,20+,21-,22+/m1/s1. The first-order valence-corrected chi connectivity index (χ1v) is 10.3. The first-order chi connectivity index (χ1) is 14.8. The average molecular weight is 455 g/mol. The van der Waals surface area contributed by atoms with Crippen LogP contribution in [0.1, 0.15) is 29.7 Å². The van der Waals surface area contributed by atoms with Gasteiger partial charge in [-0.1, -0.05) is 29.8 Å². The Labute approximate surface area is 185 Å². The molecule has 5 N–H and O–H groups in total. The lowest BCUT2D eigenvalue weighted by atomic mass is 9.86. The van der Waals surface area contributed by atoms with E-state index in [2.05, 4.69) is 0 Å². The summed E-state index contributed by atoms with van der Waals surface area (Å²) in [5.74, 6) is -1.23. The van der Waals surface area contributed by atoms with Crippen molar-refractivity contribution in [3.63, 3.8) is 0 Å². The Morgan fingerprint density at radius 1 is 1.10 bits per heavy atom. The Kier molecular flexibility index (Phi) is 7.56. The number of halogens is 1. The number of aliphatic hydroxyl groups excluding tert-OH is 5. The van der Waals surface area contributed by atoms with Crippen molar-refractivity contribution in [2.24, 2.45) is 0 Å². The highest BCUT2D eigenvalue weighted by Crippen LogP contribution is 2.41. The molecule has 2 aromatic carbocycles. The van der Waals surface area contributed by atoms with Gasteiger partial charge >= 0.3 is 0 Å². The van der Waals surface area contributed by atoms with E-state index in [4.69, 9.17) is 25.8 Å². The fourth-order valence-corrected chi connectivity index (χ4v) is 3.95. The Bertz CT molecular complexity index is 874. The minimum Gasteiger partial charge on any atom is -0.494 e. The molecule has 0 amide bonds. The van der Waals surface area contributed by atoms with Crippen LogP contribution in [-0.4, -0.2) is 70.3 Å². The molecule has 0 radical (unpaired) electrons. The Morgan fingerprint density at radius 3 is 2.35 bits per heavy atom. The highest BCUT2D eigenvalue weighted by Gasteiger charge is 2.55. The molecule has 6 atom stereocenters. The van der Waals surface area contributed by atoms with Gasteiger partial charge in [-0.15, -0.1) is 0 Å². The van der Waals surface area contributed by atoms with Crippen LogP contribution in [-0.2, 0) is 15.3 Å². The number of hydrogen-bond acceptors (Lipinski definition) is 8. The van der Waals surface area contributed by atoms with Crippen LogP contribution < -0.4 is 4.74 Å². The van der Waals surface area contributed by atoms with Gasteiger partial charge in [-0.2, -0.15) is 0 Å². The van der Waals surface area contributed by atoms with Crippen LogP contribution in [0.4, 0.5) is 0 Å². The largest absolute Gasteiger partial charge is 0.494 e. The zero-order valence-corrected chi connectivity index (χ0v) is 17.9. The Hall–Kier alpha value is -1.75. The van der Waals surface area contributed by atoms with Crippen molar-refractivity contribution < 1.29 is 39.7 Å². The Morgan fingerprint density at radius 2 is 1.77 bits per heavy atom. The molecule has 0 aliphatic carbocycles. The number of rotatable bonds is 7. The van der Waals surface area contributed by atoms with E-state index in [-0.39, 0.29) is 10.6 Å². The van der Waals surface area contributed by atoms with Crippen molar-refractivity contribution in [3.05, 3.63) is 64.2 Å². The summed E-state index contributed by atoms with van der Waals surface area (Å²) in [6.45, 7) is 1.79. The van der Waals surface area contributed by atoms with Crippen LogP contribution in [0.15, 0.2) is 42.5 Å². The smallest absolute Gasteiger partial charge is 0.224 e. The molecular weight excluding hydrogens is 428 g/mol. The molecule has 2 aromatic rings. The highest BCUT2D eigenvalue weighted by molar-refractivity contribution is 6.31. The van der Waals surface area contributed by atoms with Crippen molar-refractivity contribution in [1.29, 1.82) is 0 Å². The molecule has 31 heavy (non-hydrogen) atoms. The number of benzene rings is 2. The van der Waals surface area contributed by atoms with Gasteiger partial charge in [-0.3, -0.25) is 0 Å². The fourth-order valence-electron chi connectivity index (χ4n) is 3.73. The predicted molar refractivity (Wildman–Crippen MR) is 112 cm³/mol. The first-order valence-electron chi connectivity index (χ1n) is 9.87. The lowest BCUT2D eigenvalue weighted by Crippen LogP contribution is -2.64. The monoisotopic (exact) mass is 454 g/mol. The number of aliphatic hydroxyl groups is 5. The van der Waals surface area contributed by atoms with Gasteiger partial charge in [0.25, 0.3) is 0 Å². The molecule has 9 heteroatoms. The fraction of sp³-hybridized carbons (Fsp3) is 0.455. The molecule has 0 bridgehead atoms. The molecule has 1 heterocycles. The van der Waals surface area contributed by atoms with Gasteiger partial charge in [0.15, 0.2) is 0 Å². The van der Waals surface area contributed by atoms with E-state index in [1.807, 2.05) is 6.92 Å². The summed E-state index contributed by atoms with van der Waals surface area (Å²) in [5.41, 5.74) is 1.12. The van der Waals surface area contributed by atoms with Crippen molar-refractivity contribution in [2.75, 3.05) is 20.3 Å². The highest BCUT2D eigenvalue weighted by atomic mass is 35.5. The number of methoxy groups -OCH3 is 1. The predicted octanol–water partition coefficient (Wildman–Crippen LogP) is 1.09. The number of hydrogen-bond donors (Lipinski definition) is 5. The maximum absolute atomic E-state index is 10.9. The molecule has 1 unspecified atom stereocenters. The van der Waals surface area contributed by atoms with Crippen LogP contribution in [0.25, 0.3) is 0 Å². The van der Waals surface area contributed by atoms with Gasteiger partial charge in [0.2, 0.25) is 5.79 Å². The van der Waals surface area contributed by atoms with E-state index in [1.165, 1.54) is 25.3 Å².